The van der Waals surface area contributed by atoms with Gasteiger partial charge in [-0.3, -0.25) is 9.59 Å². The first kappa shape index (κ1) is 22.0. The number of rotatable bonds is 6. The molecular formula is C23H27ClN2O4. The highest BCUT2D eigenvalue weighted by atomic mass is 35.5. The lowest BCUT2D eigenvalue weighted by atomic mass is 10.0. The quantitative estimate of drug-likeness (QED) is 0.757. The maximum absolute atomic E-state index is 12.5. The van der Waals surface area contributed by atoms with E-state index < -0.39 is 0 Å². The molecule has 1 fully saturated rings. The Labute approximate surface area is 182 Å². The second kappa shape index (κ2) is 9.85. The number of hydrogen-bond acceptors (Lipinski definition) is 4. The number of aryl methyl sites for hydroxylation is 2. The number of carbonyl (C=O) groups is 2. The van der Waals surface area contributed by atoms with E-state index in [-0.39, 0.29) is 24.5 Å². The first-order valence-corrected chi connectivity index (χ1v) is 10.4. The van der Waals surface area contributed by atoms with Gasteiger partial charge < -0.3 is 19.7 Å². The number of likely N-dealkylation sites (tertiary alicyclic amines) is 1. The largest absolute Gasteiger partial charge is 0.497 e. The summed E-state index contributed by atoms with van der Waals surface area (Å²) in [6.07, 6.45) is 1.43. The maximum Gasteiger partial charge on any atom is 0.260 e. The van der Waals surface area contributed by atoms with Crippen LogP contribution in [0.5, 0.6) is 11.5 Å². The standard InChI is InChI=1S/C23H27ClN2O4/c1-15-12-20(13-16(2)22(15)24)30-14-21(27)26-10-8-18(9-11-26)25-23(28)17-4-6-19(29-3)7-5-17/h4-7,12-13,18H,8-11,14H2,1-3H3,(H,25,28). The van der Waals surface area contributed by atoms with Gasteiger partial charge >= 0.3 is 0 Å². The monoisotopic (exact) mass is 430 g/mol. The molecule has 3 rings (SSSR count). The van der Waals surface area contributed by atoms with E-state index in [4.69, 9.17) is 21.1 Å². The van der Waals surface area contributed by atoms with E-state index in [1.54, 1.807) is 36.3 Å². The number of nitrogens with one attached hydrogen (secondary N) is 1. The van der Waals surface area contributed by atoms with Gasteiger partial charge in [0, 0.05) is 29.7 Å². The molecule has 1 aliphatic heterocycles. The zero-order valence-corrected chi connectivity index (χ0v) is 18.3. The molecule has 7 heteroatoms. The van der Waals surface area contributed by atoms with Crippen LogP contribution >= 0.6 is 11.6 Å². The Morgan fingerprint density at radius 1 is 1.07 bits per heavy atom. The van der Waals surface area contributed by atoms with E-state index in [0.29, 0.717) is 48.0 Å². The van der Waals surface area contributed by atoms with Crippen LogP contribution in [0.15, 0.2) is 36.4 Å². The van der Waals surface area contributed by atoms with Crippen molar-refractivity contribution in [2.75, 3.05) is 26.8 Å². The molecule has 1 N–H and O–H groups in total. The lowest BCUT2D eigenvalue weighted by Crippen LogP contribution is -2.47. The molecule has 160 valence electrons. The summed E-state index contributed by atoms with van der Waals surface area (Å²) in [5, 5.41) is 3.76. The summed E-state index contributed by atoms with van der Waals surface area (Å²) in [7, 11) is 1.59. The van der Waals surface area contributed by atoms with Gasteiger partial charge in [-0.05, 0) is 74.2 Å². The molecule has 0 spiro atoms. The van der Waals surface area contributed by atoms with Crippen LogP contribution in [0.2, 0.25) is 5.02 Å². The third-order valence-corrected chi connectivity index (χ3v) is 5.90. The Bertz CT molecular complexity index is 883. The van der Waals surface area contributed by atoms with E-state index in [0.717, 1.165) is 11.1 Å². The van der Waals surface area contributed by atoms with E-state index in [1.165, 1.54) is 0 Å². The second-order valence-corrected chi connectivity index (χ2v) is 7.89. The summed E-state index contributed by atoms with van der Waals surface area (Å²) < 4.78 is 10.8. The van der Waals surface area contributed by atoms with Gasteiger partial charge in [-0.25, -0.2) is 0 Å². The van der Waals surface area contributed by atoms with Crippen molar-refractivity contribution >= 4 is 23.4 Å². The predicted molar refractivity (Wildman–Crippen MR) is 116 cm³/mol. The van der Waals surface area contributed by atoms with Gasteiger partial charge in [-0.2, -0.15) is 0 Å². The van der Waals surface area contributed by atoms with Crippen LogP contribution in [0.3, 0.4) is 0 Å². The van der Waals surface area contributed by atoms with Crippen LogP contribution in [-0.2, 0) is 4.79 Å². The molecule has 0 unspecified atom stereocenters. The van der Waals surface area contributed by atoms with Gasteiger partial charge in [0.1, 0.15) is 11.5 Å². The Kier molecular flexibility index (Phi) is 7.21. The fourth-order valence-electron chi connectivity index (χ4n) is 3.51. The number of halogens is 1. The topological polar surface area (TPSA) is 67.9 Å². The zero-order chi connectivity index (χ0) is 21.7. The van der Waals surface area contributed by atoms with Gasteiger partial charge in [0.25, 0.3) is 11.8 Å². The molecular weight excluding hydrogens is 404 g/mol. The fourth-order valence-corrected chi connectivity index (χ4v) is 3.62. The molecule has 30 heavy (non-hydrogen) atoms. The van der Waals surface area contributed by atoms with Crippen molar-refractivity contribution in [2.24, 2.45) is 0 Å². The van der Waals surface area contributed by atoms with Crippen molar-refractivity contribution in [3.05, 3.63) is 58.1 Å². The average molecular weight is 431 g/mol. The number of piperidine rings is 1. The zero-order valence-electron chi connectivity index (χ0n) is 17.5. The molecule has 2 aromatic carbocycles. The summed E-state index contributed by atoms with van der Waals surface area (Å²) in [5.41, 5.74) is 2.44. The minimum atomic E-state index is -0.112. The maximum atomic E-state index is 12.5. The first-order valence-electron chi connectivity index (χ1n) is 9.99. The molecule has 6 nitrogen and oxygen atoms in total. The van der Waals surface area contributed by atoms with Crippen LogP contribution in [-0.4, -0.2) is 49.6 Å². The summed E-state index contributed by atoms with van der Waals surface area (Å²) >= 11 is 6.17. The Morgan fingerprint density at radius 2 is 1.67 bits per heavy atom. The van der Waals surface area contributed by atoms with Gasteiger partial charge in [-0.15, -0.1) is 0 Å². The molecule has 0 aliphatic carbocycles. The van der Waals surface area contributed by atoms with Crippen molar-refractivity contribution in [2.45, 2.75) is 32.7 Å². The third-order valence-electron chi connectivity index (χ3n) is 5.31. The highest BCUT2D eigenvalue weighted by molar-refractivity contribution is 6.32. The molecule has 0 saturated carbocycles. The van der Waals surface area contributed by atoms with Crippen LogP contribution in [0.25, 0.3) is 0 Å². The highest BCUT2D eigenvalue weighted by Crippen LogP contribution is 2.26. The number of nitrogens with zero attached hydrogens (tertiary/aromatic N) is 1. The SMILES string of the molecule is COc1ccc(C(=O)NC2CCN(C(=O)COc3cc(C)c(Cl)c(C)c3)CC2)cc1. The van der Waals surface area contributed by atoms with E-state index >= 15 is 0 Å². The van der Waals surface area contributed by atoms with Gasteiger partial charge in [0.15, 0.2) is 6.61 Å². The number of benzene rings is 2. The summed E-state index contributed by atoms with van der Waals surface area (Å²) in [6.45, 7) is 5.00. The van der Waals surface area contributed by atoms with E-state index in [2.05, 4.69) is 5.32 Å². The lowest BCUT2D eigenvalue weighted by molar-refractivity contribution is -0.134. The van der Waals surface area contributed by atoms with E-state index in [9.17, 15) is 9.59 Å². The predicted octanol–water partition coefficient (Wildman–Crippen LogP) is 3.77. The number of methoxy groups -OCH3 is 1. The molecule has 1 heterocycles. The van der Waals surface area contributed by atoms with E-state index in [1.807, 2.05) is 26.0 Å². The van der Waals surface area contributed by atoms with Gasteiger partial charge in [-0.1, -0.05) is 11.6 Å². The van der Waals surface area contributed by atoms with Crippen molar-refractivity contribution in [1.29, 1.82) is 0 Å². The summed E-state index contributed by atoms with van der Waals surface area (Å²) in [4.78, 5) is 26.7. The number of carbonyl (C=O) groups excluding carboxylic acids is 2. The molecule has 1 saturated heterocycles. The lowest BCUT2D eigenvalue weighted by Gasteiger charge is -2.32. The van der Waals surface area contributed by atoms with Crippen LogP contribution in [0.4, 0.5) is 0 Å². The molecule has 1 aliphatic rings. The van der Waals surface area contributed by atoms with Crippen LogP contribution in [0, 0.1) is 13.8 Å². The Hall–Kier alpha value is -2.73. The van der Waals surface area contributed by atoms with Crippen molar-refractivity contribution in [3.63, 3.8) is 0 Å². The van der Waals surface area contributed by atoms with Crippen LogP contribution < -0.4 is 14.8 Å². The van der Waals surface area contributed by atoms with Crippen molar-refractivity contribution in [3.8, 4) is 11.5 Å². The Balaban J connectivity index is 1.45. The molecule has 0 aromatic heterocycles. The van der Waals surface area contributed by atoms with Gasteiger partial charge in [0.2, 0.25) is 0 Å². The molecule has 0 bridgehead atoms. The van der Waals surface area contributed by atoms with Crippen molar-refractivity contribution in [1.82, 2.24) is 10.2 Å². The minimum absolute atomic E-state index is 0.0105. The van der Waals surface area contributed by atoms with Crippen molar-refractivity contribution < 1.29 is 19.1 Å². The first-order chi connectivity index (χ1) is 14.4. The molecule has 0 atom stereocenters. The number of hydrogen-bond donors (Lipinski definition) is 1. The summed E-state index contributed by atoms with van der Waals surface area (Å²) in [6, 6.07) is 10.7. The fraction of sp³-hybridized carbons (Fsp3) is 0.391. The number of ether oxygens (including phenoxy) is 2. The highest BCUT2D eigenvalue weighted by Gasteiger charge is 2.24. The van der Waals surface area contributed by atoms with Crippen LogP contribution in [0.1, 0.15) is 34.3 Å². The molecule has 2 amide bonds. The normalized spacial score (nSPS) is 14.3. The third kappa shape index (κ3) is 5.45. The molecule has 0 radical (unpaired) electrons. The Morgan fingerprint density at radius 3 is 2.23 bits per heavy atom. The smallest absolute Gasteiger partial charge is 0.260 e. The average Bonchev–Trinajstić information content (AvgIpc) is 2.76. The minimum Gasteiger partial charge on any atom is -0.497 e. The summed E-state index contributed by atoms with van der Waals surface area (Å²) in [5.74, 6) is 1.19. The number of amides is 2. The van der Waals surface area contributed by atoms with Gasteiger partial charge in [0.05, 0.1) is 7.11 Å². The second-order valence-electron chi connectivity index (χ2n) is 7.52. The molecule has 2 aromatic rings.